The molecule has 2 aromatic carbocycles. The van der Waals surface area contributed by atoms with Crippen LogP contribution in [0.2, 0.25) is 0 Å². The van der Waals surface area contributed by atoms with Gasteiger partial charge in [0.1, 0.15) is 6.61 Å². The minimum Gasteiger partial charge on any atom is -0.493 e. The molecule has 3 rings (SSSR count). The van der Waals surface area contributed by atoms with E-state index in [1.807, 2.05) is 19.0 Å². The van der Waals surface area contributed by atoms with Crippen molar-refractivity contribution in [2.24, 2.45) is 4.99 Å². The van der Waals surface area contributed by atoms with E-state index in [9.17, 15) is 31.1 Å². The molecular formula is C25H25F6N3O3S. The van der Waals surface area contributed by atoms with Crippen molar-refractivity contribution in [2.45, 2.75) is 25.4 Å². The van der Waals surface area contributed by atoms with Gasteiger partial charge < -0.3 is 19.7 Å². The van der Waals surface area contributed by atoms with Crippen molar-refractivity contribution in [1.29, 1.82) is 0 Å². The number of halogens is 6. The second-order valence-corrected chi connectivity index (χ2v) is 9.51. The Bertz CT molecular complexity index is 1230. The normalized spacial score (nSPS) is 16.4. The molecule has 1 aliphatic heterocycles. The van der Waals surface area contributed by atoms with Crippen molar-refractivity contribution in [3.63, 3.8) is 0 Å². The first kappa shape index (κ1) is 29.4. The molecule has 1 saturated heterocycles. The Labute approximate surface area is 219 Å². The molecule has 0 aliphatic carbocycles. The topological polar surface area (TPSA) is 63.2 Å². The Kier molecular flexibility index (Phi) is 9.36. The number of thioether (sulfide) groups is 1. The van der Waals surface area contributed by atoms with E-state index in [4.69, 9.17) is 9.47 Å². The molecule has 13 heteroatoms. The van der Waals surface area contributed by atoms with Gasteiger partial charge in [-0.25, -0.2) is 0 Å². The van der Waals surface area contributed by atoms with Crippen LogP contribution in [-0.4, -0.2) is 50.3 Å². The van der Waals surface area contributed by atoms with Crippen molar-refractivity contribution in [3.8, 4) is 11.5 Å². The Hall–Kier alpha value is -3.19. The van der Waals surface area contributed by atoms with Gasteiger partial charge in [-0.1, -0.05) is 12.1 Å². The quantitative estimate of drug-likeness (QED) is 0.237. The van der Waals surface area contributed by atoms with Crippen LogP contribution in [0.4, 0.5) is 26.3 Å². The largest absolute Gasteiger partial charge is 0.493 e. The molecule has 1 amide bonds. The third-order valence-corrected chi connectivity index (χ3v) is 6.23. The number of nitrogens with one attached hydrogen (secondary N) is 1. The summed E-state index contributed by atoms with van der Waals surface area (Å²) in [5.74, 6) is -0.0715. The number of ether oxygens (including phenoxy) is 2. The average molecular weight is 562 g/mol. The van der Waals surface area contributed by atoms with E-state index in [-0.39, 0.29) is 23.5 Å². The zero-order valence-electron chi connectivity index (χ0n) is 20.7. The van der Waals surface area contributed by atoms with Crippen LogP contribution in [0.15, 0.2) is 46.3 Å². The molecule has 0 unspecified atom stereocenters. The summed E-state index contributed by atoms with van der Waals surface area (Å²) in [6.45, 7) is 0.779. The van der Waals surface area contributed by atoms with Gasteiger partial charge in [-0.15, -0.1) is 0 Å². The highest BCUT2D eigenvalue weighted by atomic mass is 32.2. The highest BCUT2D eigenvalue weighted by Crippen LogP contribution is 2.38. The first-order valence-corrected chi connectivity index (χ1v) is 12.1. The molecule has 206 valence electrons. The number of hydrogen-bond donors (Lipinski definition) is 1. The lowest BCUT2D eigenvalue weighted by Crippen LogP contribution is -2.20. The second-order valence-electron chi connectivity index (χ2n) is 8.47. The van der Waals surface area contributed by atoms with Gasteiger partial charge in [0.2, 0.25) is 0 Å². The van der Waals surface area contributed by atoms with Crippen LogP contribution in [0, 0.1) is 0 Å². The Balaban J connectivity index is 1.74. The number of carbonyl (C=O) groups excluding carboxylic acids is 1. The van der Waals surface area contributed by atoms with Gasteiger partial charge in [0.15, 0.2) is 16.7 Å². The molecule has 0 saturated carbocycles. The third kappa shape index (κ3) is 7.90. The minimum atomic E-state index is -5.01. The molecule has 0 bridgehead atoms. The lowest BCUT2D eigenvalue weighted by atomic mass is 10.0. The summed E-state index contributed by atoms with van der Waals surface area (Å²) in [6, 6.07) is 5.92. The molecule has 0 aromatic heterocycles. The fourth-order valence-electron chi connectivity index (χ4n) is 3.41. The Morgan fingerprint density at radius 2 is 1.76 bits per heavy atom. The fourth-order valence-corrected chi connectivity index (χ4v) is 4.26. The molecule has 6 nitrogen and oxygen atoms in total. The number of benzene rings is 2. The van der Waals surface area contributed by atoms with Crippen molar-refractivity contribution >= 4 is 28.9 Å². The van der Waals surface area contributed by atoms with Crippen LogP contribution in [-0.2, 0) is 23.8 Å². The van der Waals surface area contributed by atoms with Crippen LogP contribution >= 0.6 is 11.8 Å². The van der Waals surface area contributed by atoms with E-state index in [1.54, 1.807) is 12.1 Å². The number of methoxy groups -OCH3 is 1. The highest BCUT2D eigenvalue weighted by molar-refractivity contribution is 8.18. The summed E-state index contributed by atoms with van der Waals surface area (Å²) in [6.07, 6.45) is -7.48. The van der Waals surface area contributed by atoms with Gasteiger partial charge in [-0.3, -0.25) is 9.79 Å². The number of alkyl halides is 6. The van der Waals surface area contributed by atoms with E-state index < -0.39 is 35.6 Å². The number of hydrogen-bond acceptors (Lipinski definition) is 6. The summed E-state index contributed by atoms with van der Waals surface area (Å²) in [5, 5.41) is 3.19. The minimum absolute atomic E-state index is 0.0648. The number of aliphatic imine (C=N–C) groups is 1. The number of amidine groups is 1. The van der Waals surface area contributed by atoms with Crippen LogP contribution < -0.4 is 14.8 Å². The number of nitrogens with zero attached hydrogens (tertiary/aromatic N) is 2. The smallest absolute Gasteiger partial charge is 0.416 e. The molecule has 1 heterocycles. The van der Waals surface area contributed by atoms with Crippen LogP contribution in [0.3, 0.4) is 0 Å². The summed E-state index contributed by atoms with van der Waals surface area (Å²) < 4.78 is 89.7. The van der Waals surface area contributed by atoms with Gasteiger partial charge in [0, 0.05) is 12.1 Å². The van der Waals surface area contributed by atoms with Crippen LogP contribution in [0.25, 0.3) is 6.08 Å². The molecule has 1 fully saturated rings. The molecule has 2 aromatic rings. The van der Waals surface area contributed by atoms with Gasteiger partial charge in [-0.2, -0.15) is 26.3 Å². The Morgan fingerprint density at radius 1 is 1.03 bits per heavy atom. The van der Waals surface area contributed by atoms with Crippen LogP contribution in [0.1, 0.15) is 28.7 Å². The molecular weight excluding hydrogens is 536 g/mol. The highest BCUT2D eigenvalue weighted by Gasteiger charge is 2.38. The average Bonchev–Trinajstić information content (AvgIpc) is 3.18. The van der Waals surface area contributed by atoms with Gasteiger partial charge in [0.05, 0.1) is 23.1 Å². The number of amides is 1. The maximum Gasteiger partial charge on any atom is 0.416 e. The van der Waals surface area contributed by atoms with Gasteiger partial charge in [0.25, 0.3) is 5.91 Å². The maximum absolute atomic E-state index is 13.4. The monoisotopic (exact) mass is 561 g/mol. The predicted molar refractivity (Wildman–Crippen MR) is 133 cm³/mol. The molecule has 0 spiro atoms. The predicted octanol–water partition coefficient (Wildman–Crippen LogP) is 5.82. The summed E-state index contributed by atoms with van der Waals surface area (Å²) in [5.41, 5.74) is -2.74. The number of carbonyl (C=O) groups is 1. The van der Waals surface area contributed by atoms with E-state index in [0.29, 0.717) is 28.2 Å². The zero-order valence-corrected chi connectivity index (χ0v) is 21.5. The maximum atomic E-state index is 13.4. The standard InChI is InChI=1S/C25H25F6N3O3S/c1-34(2)10-4-9-32-23-33-22(35)21(38-23)12-15-5-8-19(20(11-15)36-3)37-14-16-6-7-17(24(26,27)28)13-18(16)25(29,30)31/h5-8,11-13H,4,9-10,14H2,1-3H3,(H,32,33,35). The molecule has 38 heavy (non-hydrogen) atoms. The zero-order chi connectivity index (χ0) is 28.1. The Morgan fingerprint density at radius 3 is 2.39 bits per heavy atom. The van der Waals surface area contributed by atoms with E-state index in [1.165, 1.54) is 31.0 Å². The van der Waals surface area contributed by atoms with Crippen molar-refractivity contribution < 1.29 is 40.6 Å². The second kappa shape index (κ2) is 12.1. The SMILES string of the molecule is COc1cc(C=C2SC(=NCCCN(C)C)NC2=O)ccc1OCc1ccc(C(F)(F)F)cc1C(F)(F)F. The molecule has 0 radical (unpaired) electrons. The summed E-state index contributed by atoms with van der Waals surface area (Å²) in [7, 11) is 5.24. The fraction of sp³-hybridized carbons (Fsp3) is 0.360. The van der Waals surface area contributed by atoms with Gasteiger partial charge >= 0.3 is 12.4 Å². The van der Waals surface area contributed by atoms with Crippen molar-refractivity contribution in [2.75, 3.05) is 34.3 Å². The first-order valence-electron chi connectivity index (χ1n) is 11.3. The third-order valence-electron chi connectivity index (χ3n) is 5.28. The van der Waals surface area contributed by atoms with E-state index in [2.05, 4.69) is 10.3 Å². The lowest BCUT2D eigenvalue weighted by molar-refractivity contribution is -0.143. The molecule has 0 atom stereocenters. The lowest BCUT2D eigenvalue weighted by Gasteiger charge is -2.17. The van der Waals surface area contributed by atoms with Crippen LogP contribution in [0.5, 0.6) is 11.5 Å². The van der Waals surface area contributed by atoms with Crippen molar-refractivity contribution in [3.05, 3.63) is 63.6 Å². The van der Waals surface area contributed by atoms with Gasteiger partial charge in [-0.05, 0) is 74.7 Å². The van der Waals surface area contributed by atoms with E-state index in [0.717, 1.165) is 19.0 Å². The molecule has 1 aliphatic rings. The van der Waals surface area contributed by atoms with E-state index >= 15 is 0 Å². The summed E-state index contributed by atoms with van der Waals surface area (Å²) >= 11 is 1.18. The number of rotatable bonds is 9. The summed E-state index contributed by atoms with van der Waals surface area (Å²) in [4.78, 5) is 19.1. The first-order chi connectivity index (χ1) is 17.8. The molecule has 1 N–H and O–H groups in total. The van der Waals surface area contributed by atoms with Crippen molar-refractivity contribution in [1.82, 2.24) is 10.2 Å².